The minimum absolute atomic E-state index is 0.0983. The summed E-state index contributed by atoms with van der Waals surface area (Å²) >= 11 is 0. The maximum Gasteiger partial charge on any atom is 0.276 e. The fourth-order valence-electron chi connectivity index (χ4n) is 5.34. The lowest BCUT2D eigenvalue weighted by Crippen LogP contribution is -2.65. The minimum atomic E-state index is -1.06. The summed E-state index contributed by atoms with van der Waals surface area (Å²) in [4.78, 5) is 29.4. The minimum Gasteiger partial charge on any atom is -0.463 e. The number of aromatic nitrogens is 1. The smallest absolute Gasteiger partial charge is 0.276 e. The molecule has 2 aromatic heterocycles. The van der Waals surface area contributed by atoms with E-state index < -0.39 is 5.54 Å². The summed E-state index contributed by atoms with van der Waals surface area (Å²) in [6, 6.07) is 9.75. The summed E-state index contributed by atoms with van der Waals surface area (Å²) in [6.07, 6.45) is 6.08. The normalized spacial score (nSPS) is 25.8. The predicted octanol–water partition coefficient (Wildman–Crippen LogP) is 4.97. The van der Waals surface area contributed by atoms with E-state index >= 15 is 0 Å². The maximum atomic E-state index is 13.9. The van der Waals surface area contributed by atoms with Crippen LogP contribution in [0.25, 0.3) is 11.1 Å². The zero-order valence-corrected chi connectivity index (χ0v) is 19.3. The van der Waals surface area contributed by atoms with Crippen molar-refractivity contribution in [3.8, 4) is 0 Å². The third kappa shape index (κ3) is 3.15. The number of carbonyl (C=O) groups is 2. The zero-order valence-electron chi connectivity index (χ0n) is 19.3. The van der Waals surface area contributed by atoms with Gasteiger partial charge in [-0.1, -0.05) is 25.8 Å². The highest BCUT2D eigenvalue weighted by Crippen LogP contribution is 2.37. The highest BCUT2D eigenvalue weighted by Gasteiger charge is 2.49. The topological polar surface area (TPSA) is 67.5 Å². The van der Waals surface area contributed by atoms with Crippen molar-refractivity contribution in [1.29, 1.82) is 0 Å². The van der Waals surface area contributed by atoms with Gasteiger partial charge in [0.05, 0.1) is 18.3 Å². The number of nitrogens with zero attached hydrogens (tertiary/aromatic N) is 2. The Bertz CT molecular complexity index is 1210. The van der Waals surface area contributed by atoms with Gasteiger partial charge in [0, 0.05) is 23.9 Å². The van der Waals surface area contributed by atoms with Gasteiger partial charge in [0.2, 0.25) is 5.91 Å². The Morgan fingerprint density at radius 3 is 2.66 bits per heavy atom. The largest absolute Gasteiger partial charge is 0.463 e. The Hall–Kier alpha value is -3.02. The van der Waals surface area contributed by atoms with Gasteiger partial charge < -0.3 is 14.3 Å². The molecule has 0 saturated heterocycles. The molecule has 1 N–H and O–H groups in total. The lowest BCUT2D eigenvalue weighted by Gasteiger charge is -2.45. The standard InChI is InChI=1S/C26H31N3O3/c1-16-9-10-19(13-18(16)3)29-24(30)22-14-23-21(11-12-32-23)28(22)15-26(29,4)25(31)27-20-8-6-5-7-17(20)2/h9-14,17,20H,5-8,15H2,1-4H3,(H,27,31)/t17-,20+,26+/m0/s1. The molecule has 6 heteroatoms. The number of hydrogen-bond donors (Lipinski definition) is 1. The molecule has 1 saturated carbocycles. The number of furan rings is 1. The molecule has 1 aromatic carbocycles. The molecule has 1 aliphatic heterocycles. The Labute approximate surface area is 188 Å². The van der Waals surface area contributed by atoms with Crippen LogP contribution in [-0.2, 0) is 11.3 Å². The molecular weight excluding hydrogens is 402 g/mol. The van der Waals surface area contributed by atoms with Crippen LogP contribution in [0.15, 0.2) is 41.0 Å². The van der Waals surface area contributed by atoms with E-state index in [1.807, 2.05) is 49.6 Å². The first kappa shape index (κ1) is 20.9. The molecule has 0 unspecified atom stereocenters. The van der Waals surface area contributed by atoms with Crippen LogP contribution in [-0.4, -0.2) is 28.0 Å². The van der Waals surface area contributed by atoms with Crippen molar-refractivity contribution in [2.75, 3.05) is 4.90 Å². The second kappa shape index (κ2) is 7.54. The van der Waals surface area contributed by atoms with Crippen LogP contribution in [0.3, 0.4) is 0 Å². The van der Waals surface area contributed by atoms with Gasteiger partial charge >= 0.3 is 0 Å². The van der Waals surface area contributed by atoms with Crippen molar-refractivity contribution >= 4 is 28.6 Å². The molecule has 3 atom stereocenters. The van der Waals surface area contributed by atoms with E-state index in [0.29, 0.717) is 23.7 Å². The molecule has 0 spiro atoms. The first-order valence-corrected chi connectivity index (χ1v) is 11.6. The van der Waals surface area contributed by atoms with Gasteiger partial charge in [-0.15, -0.1) is 0 Å². The van der Waals surface area contributed by atoms with Gasteiger partial charge in [-0.2, -0.15) is 0 Å². The molecule has 0 bridgehead atoms. The van der Waals surface area contributed by atoms with Crippen LogP contribution in [0.5, 0.6) is 0 Å². The summed E-state index contributed by atoms with van der Waals surface area (Å²) in [5, 5.41) is 3.32. The number of hydrogen-bond acceptors (Lipinski definition) is 3. The number of fused-ring (bicyclic) bond motifs is 3. The van der Waals surface area contributed by atoms with Crippen LogP contribution in [0.4, 0.5) is 5.69 Å². The third-order valence-corrected chi connectivity index (χ3v) is 7.57. The fourth-order valence-corrected chi connectivity index (χ4v) is 5.34. The fraction of sp³-hybridized carbons (Fsp3) is 0.462. The molecular formula is C26H31N3O3. The molecule has 2 aliphatic rings. The molecule has 2 amide bonds. The second-order valence-electron chi connectivity index (χ2n) is 9.81. The number of amides is 2. The van der Waals surface area contributed by atoms with E-state index in [9.17, 15) is 9.59 Å². The first-order valence-electron chi connectivity index (χ1n) is 11.6. The zero-order chi connectivity index (χ0) is 22.6. The summed E-state index contributed by atoms with van der Waals surface area (Å²) in [5.41, 5.74) is 3.99. The van der Waals surface area contributed by atoms with Crippen LogP contribution in [0.1, 0.15) is 61.1 Å². The van der Waals surface area contributed by atoms with Gasteiger partial charge in [-0.05, 0) is 62.8 Å². The average molecular weight is 434 g/mol. The highest BCUT2D eigenvalue weighted by atomic mass is 16.3. The number of nitrogens with one attached hydrogen (secondary N) is 1. The number of aryl methyl sites for hydroxylation is 2. The SMILES string of the molecule is Cc1ccc(N2C(=O)c3cc4occc4n3C[C@]2(C)C(=O)N[C@@H]2CCCC[C@@H]2C)cc1C. The van der Waals surface area contributed by atoms with E-state index in [1.165, 1.54) is 6.42 Å². The number of anilines is 1. The Morgan fingerprint density at radius 2 is 1.91 bits per heavy atom. The molecule has 3 heterocycles. The average Bonchev–Trinajstić information content (AvgIpc) is 3.35. The predicted molar refractivity (Wildman–Crippen MR) is 125 cm³/mol. The van der Waals surface area contributed by atoms with E-state index in [2.05, 4.69) is 12.2 Å². The number of benzene rings is 1. The quantitative estimate of drug-likeness (QED) is 0.634. The Balaban J connectivity index is 1.60. The van der Waals surface area contributed by atoms with Crippen molar-refractivity contribution < 1.29 is 14.0 Å². The van der Waals surface area contributed by atoms with Gasteiger partial charge in [-0.3, -0.25) is 14.5 Å². The number of carbonyl (C=O) groups excluding carboxylic acids is 2. The molecule has 168 valence electrons. The molecule has 6 nitrogen and oxygen atoms in total. The summed E-state index contributed by atoms with van der Waals surface area (Å²) in [6.45, 7) is 8.55. The molecule has 1 aliphatic carbocycles. The van der Waals surface area contributed by atoms with Gasteiger partial charge in [0.25, 0.3) is 5.91 Å². The highest BCUT2D eigenvalue weighted by molar-refractivity contribution is 6.13. The summed E-state index contributed by atoms with van der Waals surface area (Å²) in [7, 11) is 0. The van der Waals surface area contributed by atoms with Crippen molar-refractivity contribution in [1.82, 2.24) is 9.88 Å². The van der Waals surface area contributed by atoms with Crippen molar-refractivity contribution in [2.24, 2.45) is 5.92 Å². The summed E-state index contributed by atoms with van der Waals surface area (Å²) in [5.74, 6) is 0.160. The second-order valence-corrected chi connectivity index (χ2v) is 9.81. The lowest BCUT2D eigenvalue weighted by molar-refractivity contribution is -0.127. The van der Waals surface area contributed by atoms with Crippen LogP contribution >= 0.6 is 0 Å². The maximum absolute atomic E-state index is 13.9. The Kier molecular flexibility index (Phi) is 4.91. The van der Waals surface area contributed by atoms with E-state index in [1.54, 1.807) is 17.2 Å². The van der Waals surface area contributed by atoms with Gasteiger partial charge in [0.1, 0.15) is 11.2 Å². The molecule has 32 heavy (non-hydrogen) atoms. The molecule has 0 radical (unpaired) electrons. The number of rotatable bonds is 3. The van der Waals surface area contributed by atoms with E-state index in [-0.39, 0.29) is 17.9 Å². The monoisotopic (exact) mass is 433 g/mol. The molecule has 3 aromatic rings. The van der Waals surface area contributed by atoms with Crippen molar-refractivity contribution in [3.63, 3.8) is 0 Å². The van der Waals surface area contributed by atoms with Crippen LogP contribution < -0.4 is 10.2 Å². The Morgan fingerprint density at radius 1 is 1.12 bits per heavy atom. The molecule has 1 fully saturated rings. The lowest BCUT2D eigenvalue weighted by atomic mass is 9.84. The van der Waals surface area contributed by atoms with Gasteiger partial charge in [-0.25, -0.2) is 0 Å². The van der Waals surface area contributed by atoms with Crippen molar-refractivity contribution in [2.45, 2.75) is 71.5 Å². The van der Waals surface area contributed by atoms with E-state index in [0.717, 1.165) is 41.6 Å². The third-order valence-electron chi connectivity index (χ3n) is 7.57. The summed E-state index contributed by atoms with van der Waals surface area (Å²) < 4.78 is 7.50. The van der Waals surface area contributed by atoms with E-state index in [4.69, 9.17) is 4.42 Å². The van der Waals surface area contributed by atoms with Crippen LogP contribution in [0.2, 0.25) is 0 Å². The van der Waals surface area contributed by atoms with Crippen LogP contribution in [0, 0.1) is 19.8 Å². The first-order chi connectivity index (χ1) is 15.3. The van der Waals surface area contributed by atoms with Gasteiger partial charge in [0.15, 0.2) is 5.58 Å². The van der Waals surface area contributed by atoms with Crippen molar-refractivity contribution in [3.05, 3.63) is 53.4 Å². The molecule has 5 rings (SSSR count).